The first kappa shape index (κ1) is 15.3. The van der Waals surface area contributed by atoms with Crippen molar-refractivity contribution in [3.63, 3.8) is 0 Å². The maximum atomic E-state index is 13.7. The van der Waals surface area contributed by atoms with Crippen LogP contribution in [0.3, 0.4) is 0 Å². The first-order chi connectivity index (χ1) is 10.5. The summed E-state index contributed by atoms with van der Waals surface area (Å²) >= 11 is 3.23. The predicted octanol–water partition coefficient (Wildman–Crippen LogP) is 2.36. The van der Waals surface area contributed by atoms with E-state index in [-0.39, 0.29) is 23.7 Å². The van der Waals surface area contributed by atoms with Crippen molar-refractivity contribution in [3.8, 4) is 0 Å². The van der Waals surface area contributed by atoms with Gasteiger partial charge in [-0.25, -0.2) is 17.5 Å². The van der Waals surface area contributed by atoms with Crippen LogP contribution in [0.2, 0.25) is 0 Å². The average Bonchev–Trinajstić information content (AvgIpc) is 2.93. The number of nitrogens with zero attached hydrogens (tertiary/aromatic N) is 2. The molecule has 0 bridgehead atoms. The summed E-state index contributed by atoms with van der Waals surface area (Å²) < 4.78 is 41.4. The number of rotatable bonds is 3. The van der Waals surface area contributed by atoms with Gasteiger partial charge in [0.2, 0.25) is 0 Å². The van der Waals surface area contributed by atoms with Gasteiger partial charge in [-0.2, -0.15) is 0 Å². The van der Waals surface area contributed by atoms with Gasteiger partial charge in [0, 0.05) is 28.3 Å². The van der Waals surface area contributed by atoms with Crippen LogP contribution >= 0.6 is 15.9 Å². The normalized spacial score (nSPS) is 13.8. The Morgan fingerprint density at radius 3 is 2.95 bits per heavy atom. The van der Waals surface area contributed by atoms with Gasteiger partial charge in [-0.1, -0.05) is 15.9 Å². The molecule has 22 heavy (non-hydrogen) atoms. The number of pyridine rings is 1. The molecule has 0 radical (unpaired) electrons. The lowest BCUT2D eigenvalue weighted by Gasteiger charge is -2.08. The van der Waals surface area contributed by atoms with Crippen LogP contribution in [0, 0.1) is 5.82 Å². The molecule has 0 saturated heterocycles. The molecule has 0 saturated carbocycles. The number of hydrogen-bond acceptors (Lipinski definition) is 4. The molecule has 8 heteroatoms. The van der Waals surface area contributed by atoms with E-state index in [1.54, 1.807) is 24.4 Å². The SMILES string of the molecule is O=S(=O)(NCc1cc(Br)ccc1F)C1=NCc2ncccc21. The lowest BCUT2D eigenvalue weighted by atomic mass is 10.2. The summed E-state index contributed by atoms with van der Waals surface area (Å²) in [5.41, 5.74) is 1.36. The summed E-state index contributed by atoms with van der Waals surface area (Å²) in [7, 11) is -3.82. The van der Waals surface area contributed by atoms with E-state index < -0.39 is 15.8 Å². The maximum Gasteiger partial charge on any atom is 0.258 e. The van der Waals surface area contributed by atoms with E-state index in [9.17, 15) is 12.8 Å². The van der Waals surface area contributed by atoms with Crippen molar-refractivity contribution in [2.45, 2.75) is 13.1 Å². The quantitative estimate of drug-likeness (QED) is 0.883. The third kappa shape index (κ3) is 2.94. The van der Waals surface area contributed by atoms with Gasteiger partial charge in [0.25, 0.3) is 10.0 Å². The number of sulfonamides is 1. The standard InChI is InChI=1S/C14H11BrFN3O2S/c15-10-3-4-12(16)9(6-10)7-19-22(20,21)14-11-2-1-5-17-13(11)8-18-14/h1-6,19H,7-8H2. The number of aromatic nitrogens is 1. The highest BCUT2D eigenvalue weighted by atomic mass is 79.9. The third-order valence-corrected chi connectivity index (χ3v) is 5.08. The minimum atomic E-state index is -3.82. The molecule has 1 N–H and O–H groups in total. The van der Waals surface area contributed by atoms with E-state index in [1.807, 2.05) is 0 Å². The zero-order chi connectivity index (χ0) is 15.7. The van der Waals surface area contributed by atoms with Gasteiger partial charge in [-0.15, -0.1) is 0 Å². The Morgan fingerprint density at radius 2 is 2.14 bits per heavy atom. The lowest BCUT2D eigenvalue weighted by Crippen LogP contribution is -2.30. The van der Waals surface area contributed by atoms with Crippen molar-refractivity contribution in [2.75, 3.05) is 0 Å². The van der Waals surface area contributed by atoms with Crippen molar-refractivity contribution in [1.82, 2.24) is 9.71 Å². The third-order valence-electron chi connectivity index (χ3n) is 3.21. The molecule has 1 aliphatic heterocycles. The summed E-state index contributed by atoms with van der Waals surface area (Å²) in [4.78, 5) is 8.12. The fourth-order valence-electron chi connectivity index (χ4n) is 2.14. The van der Waals surface area contributed by atoms with Crippen LogP contribution in [0.4, 0.5) is 4.39 Å². The summed E-state index contributed by atoms with van der Waals surface area (Å²) in [6.07, 6.45) is 1.59. The number of nitrogens with one attached hydrogen (secondary N) is 1. The number of hydrogen-bond donors (Lipinski definition) is 1. The molecule has 5 nitrogen and oxygen atoms in total. The smallest absolute Gasteiger partial charge is 0.258 e. The van der Waals surface area contributed by atoms with E-state index in [0.29, 0.717) is 15.7 Å². The molecule has 2 aromatic rings. The van der Waals surface area contributed by atoms with Gasteiger partial charge in [0.15, 0.2) is 5.04 Å². The van der Waals surface area contributed by atoms with Crippen LogP contribution < -0.4 is 4.72 Å². The minimum absolute atomic E-state index is 0.0500. The maximum absolute atomic E-state index is 13.7. The van der Waals surface area contributed by atoms with Crippen molar-refractivity contribution in [1.29, 1.82) is 0 Å². The van der Waals surface area contributed by atoms with E-state index in [4.69, 9.17) is 0 Å². The highest BCUT2D eigenvalue weighted by Gasteiger charge is 2.28. The van der Waals surface area contributed by atoms with Gasteiger partial charge in [-0.05, 0) is 30.3 Å². The first-order valence-electron chi connectivity index (χ1n) is 6.40. The Labute approximate surface area is 135 Å². The topological polar surface area (TPSA) is 71.4 Å². The fourth-order valence-corrected chi connectivity index (χ4v) is 3.74. The van der Waals surface area contributed by atoms with Gasteiger partial charge in [0.1, 0.15) is 5.82 Å². The Morgan fingerprint density at radius 1 is 1.32 bits per heavy atom. The van der Waals surface area contributed by atoms with Crippen LogP contribution in [-0.2, 0) is 23.1 Å². The molecule has 0 fully saturated rings. The van der Waals surface area contributed by atoms with Gasteiger partial charge in [0.05, 0.1) is 12.2 Å². The Bertz CT molecular complexity index is 868. The molecule has 0 atom stereocenters. The van der Waals surface area contributed by atoms with E-state index in [2.05, 4.69) is 30.6 Å². The average molecular weight is 384 g/mol. The van der Waals surface area contributed by atoms with Crippen molar-refractivity contribution in [2.24, 2.45) is 4.99 Å². The van der Waals surface area contributed by atoms with Crippen molar-refractivity contribution < 1.29 is 12.8 Å². The van der Waals surface area contributed by atoms with Crippen molar-refractivity contribution in [3.05, 3.63) is 63.6 Å². The number of aliphatic imine (C=N–C) groups is 1. The molecule has 0 aliphatic carbocycles. The fraction of sp³-hybridized carbons (Fsp3) is 0.143. The summed E-state index contributed by atoms with van der Waals surface area (Å²) in [5.74, 6) is -0.471. The molecule has 114 valence electrons. The molecule has 0 amide bonds. The predicted molar refractivity (Wildman–Crippen MR) is 84.3 cm³/mol. The first-order valence-corrected chi connectivity index (χ1v) is 8.67. The van der Waals surface area contributed by atoms with Crippen LogP contribution in [0.15, 0.2) is 46.0 Å². The monoisotopic (exact) mass is 383 g/mol. The molecule has 1 aromatic heterocycles. The molecule has 0 spiro atoms. The highest BCUT2D eigenvalue weighted by molar-refractivity contribution is 9.10. The molecule has 2 heterocycles. The molecular formula is C14H11BrFN3O2S. The van der Waals surface area contributed by atoms with E-state index in [0.717, 1.165) is 0 Å². The molecule has 0 unspecified atom stereocenters. The number of fused-ring (bicyclic) bond motifs is 1. The van der Waals surface area contributed by atoms with Crippen molar-refractivity contribution >= 4 is 31.0 Å². The Kier molecular flexibility index (Phi) is 4.07. The second-order valence-corrected chi connectivity index (χ2v) is 7.28. The van der Waals surface area contributed by atoms with Crippen LogP contribution in [-0.4, -0.2) is 18.4 Å². The second kappa shape index (κ2) is 5.86. The van der Waals surface area contributed by atoms with Crippen LogP contribution in [0.1, 0.15) is 16.8 Å². The summed E-state index contributed by atoms with van der Waals surface area (Å²) in [6, 6.07) is 7.68. The zero-order valence-corrected chi connectivity index (χ0v) is 13.7. The summed E-state index contributed by atoms with van der Waals surface area (Å²) in [6.45, 7) is 0.0832. The van der Waals surface area contributed by atoms with Gasteiger partial charge < -0.3 is 0 Å². The minimum Gasteiger partial charge on any atom is -0.265 e. The van der Waals surface area contributed by atoms with Gasteiger partial charge in [-0.3, -0.25) is 9.98 Å². The van der Waals surface area contributed by atoms with Crippen LogP contribution in [0.25, 0.3) is 0 Å². The van der Waals surface area contributed by atoms with E-state index >= 15 is 0 Å². The Hall–Kier alpha value is -1.64. The van der Waals surface area contributed by atoms with E-state index in [1.165, 1.54) is 12.1 Å². The lowest BCUT2D eigenvalue weighted by molar-refractivity contribution is 0.584. The van der Waals surface area contributed by atoms with Crippen LogP contribution in [0.5, 0.6) is 0 Å². The molecule has 3 rings (SSSR count). The Balaban J connectivity index is 1.82. The highest BCUT2D eigenvalue weighted by Crippen LogP contribution is 2.20. The molecule has 1 aromatic carbocycles. The zero-order valence-electron chi connectivity index (χ0n) is 11.3. The molecular weight excluding hydrogens is 373 g/mol. The largest absolute Gasteiger partial charge is 0.265 e. The number of benzene rings is 1. The molecule has 1 aliphatic rings. The summed E-state index contributed by atoms with van der Waals surface area (Å²) in [5, 5.41) is -0.0500. The number of halogens is 2. The second-order valence-electron chi connectivity index (χ2n) is 4.68. The van der Waals surface area contributed by atoms with Gasteiger partial charge >= 0.3 is 0 Å².